The first-order valence-corrected chi connectivity index (χ1v) is 11.0. The predicted molar refractivity (Wildman–Crippen MR) is 118 cm³/mol. The summed E-state index contributed by atoms with van der Waals surface area (Å²) in [5.74, 6) is 0.132. The lowest BCUT2D eigenvalue weighted by Gasteiger charge is -2.17. The molecule has 2 aliphatic carbocycles. The van der Waals surface area contributed by atoms with Gasteiger partial charge in [-0.2, -0.15) is 0 Å². The van der Waals surface area contributed by atoms with Gasteiger partial charge < -0.3 is 9.47 Å². The molecule has 6 nitrogen and oxygen atoms in total. The minimum Gasteiger partial charge on any atom is -0.489 e. The van der Waals surface area contributed by atoms with E-state index in [1.165, 1.54) is 4.90 Å². The third-order valence-electron chi connectivity index (χ3n) is 6.50. The Balaban J connectivity index is 1.21. The van der Waals surface area contributed by atoms with Gasteiger partial charge >= 0.3 is 5.97 Å². The fourth-order valence-electron chi connectivity index (χ4n) is 5.03. The summed E-state index contributed by atoms with van der Waals surface area (Å²) in [5, 5.41) is 0. The van der Waals surface area contributed by atoms with Gasteiger partial charge in [0.2, 0.25) is 11.8 Å². The van der Waals surface area contributed by atoms with Crippen LogP contribution in [0, 0.1) is 23.7 Å². The largest absolute Gasteiger partial charge is 0.489 e. The maximum atomic E-state index is 12.9. The lowest BCUT2D eigenvalue weighted by atomic mass is 9.85. The van der Waals surface area contributed by atoms with E-state index >= 15 is 0 Å². The number of esters is 1. The van der Waals surface area contributed by atoms with Crippen LogP contribution in [0.15, 0.2) is 60.7 Å². The molecule has 2 aromatic rings. The first-order chi connectivity index (χ1) is 15.4. The smallest absolute Gasteiger partial charge is 0.338 e. The van der Waals surface area contributed by atoms with Crippen LogP contribution in [0.2, 0.25) is 0 Å². The van der Waals surface area contributed by atoms with Crippen LogP contribution in [-0.2, 0) is 20.9 Å². The van der Waals surface area contributed by atoms with E-state index in [1.807, 2.05) is 26.0 Å². The van der Waals surface area contributed by atoms with Crippen molar-refractivity contribution < 1.29 is 23.9 Å². The fourth-order valence-corrected chi connectivity index (χ4v) is 5.03. The summed E-state index contributed by atoms with van der Waals surface area (Å²) in [6, 6.07) is 14.1. The quantitative estimate of drug-likeness (QED) is 0.390. The van der Waals surface area contributed by atoms with Crippen molar-refractivity contribution in [2.75, 3.05) is 4.90 Å². The molecular weight excluding hydrogens is 406 g/mol. The van der Waals surface area contributed by atoms with Crippen molar-refractivity contribution in [1.29, 1.82) is 0 Å². The van der Waals surface area contributed by atoms with Gasteiger partial charge in [0.05, 0.1) is 29.2 Å². The average molecular weight is 431 g/mol. The number of hydrogen-bond acceptors (Lipinski definition) is 5. The van der Waals surface area contributed by atoms with E-state index < -0.39 is 0 Å². The number of fused-ring (bicyclic) bond motifs is 5. The molecule has 2 amide bonds. The highest BCUT2D eigenvalue weighted by atomic mass is 16.5. The third-order valence-corrected chi connectivity index (χ3v) is 6.50. The van der Waals surface area contributed by atoms with E-state index in [0.717, 1.165) is 12.0 Å². The zero-order valence-electron chi connectivity index (χ0n) is 18.1. The van der Waals surface area contributed by atoms with Crippen LogP contribution in [0.5, 0.6) is 5.75 Å². The molecule has 2 bridgehead atoms. The molecule has 1 aliphatic heterocycles. The Kier molecular flexibility index (Phi) is 5.08. The van der Waals surface area contributed by atoms with E-state index in [0.29, 0.717) is 23.6 Å². The summed E-state index contributed by atoms with van der Waals surface area (Å²) in [5.41, 5.74) is 2.00. The van der Waals surface area contributed by atoms with Crippen LogP contribution in [0.1, 0.15) is 36.2 Å². The maximum Gasteiger partial charge on any atom is 0.338 e. The van der Waals surface area contributed by atoms with Gasteiger partial charge in [-0.1, -0.05) is 24.3 Å². The van der Waals surface area contributed by atoms with Crippen LogP contribution in [0.4, 0.5) is 5.69 Å². The zero-order chi connectivity index (χ0) is 22.4. The molecule has 3 aliphatic rings. The minimum absolute atomic E-state index is 0.0819. The fraction of sp³-hybridized carbons (Fsp3) is 0.346. The van der Waals surface area contributed by atoms with Gasteiger partial charge in [-0.3, -0.25) is 14.5 Å². The number of carbonyl (C=O) groups excluding carboxylic acids is 3. The summed E-state index contributed by atoms with van der Waals surface area (Å²) >= 11 is 0. The van der Waals surface area contributed by atoms with Gasteiger partial charge in [0.15, 0.2) is 0 Å². The van der Waals surface area contributed by atoms with Gasteiger partial charge in [0.1, 0.15) is 12.4 Å². The van der Waals surface area contributed by atoms with Crippen molar-refractivity contribution >= 4 is 23.5 Å². The molecule has 32 heavy (non-hydrogen) atoms. The van der Waals surface area contributed by atoms with Crippen LogP contribution in [0.3, 0.4) is 0 Å². The Morgan fingerprint density at radius 3 is 2.09 bits per heavy atom. The van der Waals surface area contributed by atoms with Crippen molar-refractivity contribution in [2.24, 2.45) is 23.7 Å². The molecule has 2 fully saturated rings. The molecule has 1 saturated carbocycles. The molecule has 6 heteroatoms. The Bertz CT molecular complexity index is 1060. The molecule has 1 saturated heterocycles. The van der Waals surface area contributed by atoms with Gasteiger partial charge in [0, 0.05) is 0 Å². The summed E-state index contributed by atoms with van der Waals surface area (Å²) < 4.78 is 11.0. The topological polar surface area (TPSA) is 72.9 Å². The highest BCUT2D eigenvalue weighted by molar-refractivity contribution is 6.22. The molecule has 5 rings (SSSR count). The van der Waals surface area contributed by atoms with Crippen LogP contribution < -0.4 is 9.64 Å². The molecule has 2 aromatic carbocycles. The molecule has 0 aromatic heterocycles. The number of hydrogen-bond donors (Lipinski definition) is 0. The number of ether oxygens (including phenoxy) is 2. The van der Waals surface area contributed by atoms with Crippen LogP contribution in [0.25, 0.3) is 0 Å². The van der Waals surface area contributed by atoms with Gasteiger partial charge in [-0.25, -0.2) is 4.79 Å². The van der Waals surface area contributed by atoms with E-state index in [9.17, 15) is 14.4 Å². The molecular formula is C26H25NO5. The van der Waals surface area contributed by atoms with Crippen molar-refractivity contribution in [3.8, 4) is 5.75 Å². The summed E-state index contributed by atoms with van der Waals surface area (Å²) in [6.45, 7) is 3.96. The average Bonchev–Trinajstić information content (AvgIpc) is 3.46. The Morgan fingerprint density at radius 1 is 0.938 bits per heavy atom. The van der Waals surface area contributed by atoms with E-state index in [1.54, 1.807) is 36.4 Å². The number of rotatable bonds is 6. The number of anilines is 1. The number of nitrogens with zero attached hydrogens (tertiary/aromatic N) is 1. The Morgan fingerprint density at radius 2 is 1.53 bits per heavy atom. The van der Waals surface area contributed by atoms with Gasteiger partial charge in [0.25, 0.3) is 0 Å². The zero-order valence-corrected chi connectivity index (χ0v) is 18.1. The molecule has 4 atom stereocenters. The van der Waals surface area contributed by atoms with Gasteiger partial charge in [-0.05, 0) is 74.1 Å². The van der Waals surface area contributed by atoms with Crippen molar-refractivity contribution in [3.05, 3.63) is 71.8 Å². The van der Waals surface area contributed by atoms with E-state index in [-0.39, 0.29) is 47.6 Å². The van der Waals surface area contributed by atoms with Crippen molar-refractivity contribution in [1.82, 2.24) is 0 Å². The number of imide groups is 1. The van der Waals surface area contributed by atoms with Crippen molar-refractivity contribution in [2.45, 2.75) is 33.0 Å². The second-order valence-electron chi connectivity index (χ2n) is 8.95. The molecule has 0 unspecified atom stereocenters. The highest BCUT2D eigenvalue weighted by Crippen LogP contribution is 2.53. The van der Waals surface area contributed by atoms with Crippen LogP contribution in [-0.4, -0.2) is 23.9 Å². The number of allylic oxidation sites excluding steroid dienone is 2. The molecule has 1 heterocycles. The summed E-state index contributed by atoms with van der Waals surface area (Å²) in [6.07, 6.45) is 4.95. The minimum atomic E-state index is -0.345. The summed E-state index contributed by atoms with van der Waals surface area (Å²) in [7, 11) is 0. The third kappa shape index (κ3) is 3.49. The summed E-state index contributed by atoms with van der Waals surface area (Å²) in [4.78, 5) is 39.1. The molecule has 0 spiro atoms. The molecule has 0 N–H and O–H groups in total. The number of carbonyl (C=O) groups is 3. The van der Waals surface area contributed by atoms with E-state index in [4.69, 9.17) is 9.47 Å². The second kappa shape index (κ2) is 7.93. The lowest BCUT2D eigenvalue weighted by Crippen LogP contribution is -2.32. The first kappa shape index (κ1) is 20.5. The maximum absolute atomic E-state index is 12.9. The number of amides is 2. The molecule has 0 radical (unpaired) electrons. The first-order valence-electron chi connectivity index (χ1n) is 11.0. The van der Waals surface area contributed by atoms with Crippen molar-refractivity contribution in [3.63, 3.8) is 0 Å². The monoisotopic (exact) mass is 431 g/mol. The second-order valence-corrected chi connectivity index (χ2v) is 8.95. The normalized spacial score (nSPS) is 25.5. The predicted octanol–water partition coefficient (Wildman–Crippen LogP) is 4.14. The number of benzene rings is 2. The molecule has 164 valence electrons. The SMILES string of the molecule is CC(C)OC(=O)c1ccc(COc2ccc(N3C(=O)[C@@H]4[C@H](C3=O)[C@H]3C=C[C@H]4C3)cc2)cc1. The highest BCUT2D eigenvalue weighted by Gasteiger charge is 2.59. The van der Waals surface area contributed by atoms with Gasteiger partial charge in [-0.15, -0.1) is 0 Å². The van der Waals surface area contributed by atoms with E-state index in [2.05, 4.69) is 12.2 Å². The lowest BCUT2D eigenvalue weighted by molar-refractivity contribution is -0.123. The standard InChI is InChI=1S/C26H25NO5/c1-15(2)32-26(30)17-5-3-16(4-6-17)14-31-21-11-9-20(10-12-21)27-24(28)22-18-7-8-19(13-18)23(22)25(27)29/h3-12,15,18-19,22-23H,13-14H2,1-2H3/t18-,19-,22-,23+/m0/s1. The Hall–Kier alpha value is -3.41. The van der Waals surface area contributed by atoms with Crippen LogP contribution >= 0.6 is 0 Å². The Labute approximate surface area is 186 Å².